The van der Waals surface area contributed by atoms with Crippen molar-refractivity contribution in [2.24, 2.45) is 5.73 Å². The molecule has 0 fully saturated rings. The molecule has 0 unspecified atom stereocenters. The Labute approximate surface area is 155 Å². The van der Waals surface area contributed by atoms with Gasteiger partial charge in [-0.15, -0.1) is 0 Å². The number of hydrogen-bond acceptors (Lipinski definition) is 3. The third kappa shape index (κ3) is 3.46. The maximum absolute atomic E-state index is 13.5. The summed E-state index contributed by atoms with van der Waals surface area (Å²) in [6, 6.07) is 14.3. The molecule has 5 nitrogen and oxygen atoms in total. The second kappa shape index (κ2) is 7.07. The molecule has 3 N–H and O–H groups in total. The highest BCUT2D eigenvalue weighted by atomic mass is 19.1. The minimum atomic E-state index is -0.627. The monoisotopic (exact) mass is 363 g/mol. The molecule has 27 heavy (non-hydrogen) atoms. The summed E-state index contributed by atoms with van der Waals surface area (Å²) in [4.78, 5) is 15.0. The number of carbonyl (C=O) groups is 1. The predicted molar refractivity (Wildman–Crippen MR) is 99.9 cm³/mol. The summed E-state index contributed by atoms with van der Waals surface area (Å²) in [5.41, 5.74) is 9.22. The van der Waals surface area contributed by atoms with Gasteiger partial charge in [-0.05, 0) is 42.2 Å². The van der Waals surface area contributed by atoms with Crippen molar-refractivity contribution < 1.29 is 13.7 Å². The zero-order valence-corrected chi connectivity index (χ0v) is 14.5. The van der Waals surface area contributed by atoms with E-state index in [-0.39, 0.29) is 11.5 Å². The number of benzene rings is 2. The first-order valence-corrected chi connectivity index (χ1v) is 8.68. The van der Waals surface area contributed by atoms with E-state index in [2.05, 4.69) is 16.2 Å². The van der Waals surface area contributed by atoms with Crippen molar-refractivity contribution >= 4 is 16.8 Å². The van der Waals surface area contributed by atoms with Gasteiger partial charge in [-0.25, -0.2) is 4.39 Å². The van der Waals surface area contributed by atoms with Gasteiger partial charge in [0.2, 0.25) is 0 Å². The van der Waals surface area contributed by atoms with Gasteiger partial charge in [-0.2, -0.15) is 0 Å². The molecule has 4 aromatic rings. The number of nitrogens with one attached hydrogen (secondary N) is 1. The van der Waals surface area contributed by atoms with Crippen molar-refractivity contribution in [2.45, 2.75) is 19.3 Å². The molecule has 4 rings (SSSR count). The van der Waals surface area contributed by atoms with Crippen LogP contribution < -0.4 is 5.73 Å². The van der Waals surface area contributed by atoms with Crippen molar-refractivity contribution in [3.63, 3.8) is 0 Å². The summed E-state index contributed by atoms with van der Waals surface area (Å²) in [6.45, 7) is 0. The number of fused-ring (bicyclic) bond motifs is 1. The minimum Gasteiger partial charge on any atom is -0.364 e. The Hall–Kier alpha value is -3.41. The molecule has 0 bridgehead atoms. The molecule has 0 radical (unpaired) electrons. The Morgan fingerprint density at radius 3 is 2.81 bits per heavy atom. The molecule has 0 spiro atoms. The van der Waals surface area contributed by atoms with Crippen LogP contribution in [0.3, 0.4) is 0 Å². The van der Waals surface area contributed by atoms with E-state index in [1.54, 1.807) is 12.1 Å². The molecule has 2 aromatic heterocycles. The smallest absolute Gasteiger partial charge is 0.271 e. The van der Waals surface area contributed by atoms with Crippen LogP contribution in [0.2, 0.25) is 0 Å². The van der Waals surface area contributed by atoms with Crippen LogP contribution in [0.25, 0.3) is 10.9 Å². The highest BCUT2D eigenvalue weighted by Crippen LogP contribution is 2.23. The lowest BCUT2D eigenvalue weighted by Crippen LogP contribution is -2.14. The zero-order valence-electron chi connectivity index (χ0n) is 14.5. The SMILES string of the molecule is NC(=O)c1noc(Cc2cccc(F)c2)c1CCc1c[nH]c2ccccc12. The van der Waals surface area contributed by atoms with Gasteiger partial charge < -0.3 is 15.2 Å². The predicted octanol–water partition coefficient (Wildman–Crippen LogP) is 3.77. The summed E-state index contributed by atoms with van der Waals surface area (Å²) in [5, 5.41) is 4.99. The number of primary amides is 1. The van der Waals surface area contributed by atoms with E-state index in [0.29, 0.717) is 30.6 Å². The lowest BCUT2D eigenvalue weighted by Gasteiger charge is -2.04. The zero-order chi connectivity index (χ0) is 18.8. The molecule has 136 valence electrons. The summed E-state index contributed by atoms with van der Waals surface area (Å²) >= 11 is 0. The van der Waals surface area contributed by atoms with Crippen molar-refractivity contribution in [1.29, 1.82) is 0 Å². The first-order chi connectivity index (χ1) is 13.1. The number of nitrogens with two attached hydrogens (primary N) is 1. The van der Waals surface area contributed by atoms with E-state index in [4.69, 9.17) is 10.3 Å². The molecule has 0 saturated heterocycles. The van der Waals surface area contributed by atoms with Gasteiger partial charge in [0.05, 0.1) is 0 Å². The molecule has 2 heterocycles. The number of aromatic amines is 1. The van der Waals surface area contributed by atoms with Gasteiger partial charge in [0.15, 0.2) is 5.69 Å². The van der Waals surface area contributed by atoms with Crippen LogP contribution in [0.1, 0.15) is 32.9 Å². The van der Waals surface area contributed by atoms with Gasteiger partial charge in [0, 0.05) is 29.1 Å². The number of hydrogen-bond donors (Lipinski definition) is 2. The first kappa shape index (κ1) is 17.0. The summed E-state index contributed by atoms with van der Waals surface area (Å²) in [5.74, 6) is -0.408. The molecular weight excluding hydrogens is 345 g/mol. The van der Waals surface area contributed by atoms with E-state index < -0.39 is 5.91 Å². The van der Waals surface area contributed by atoms with Crippen LogP contribution >= 0.6 is 0 Å². The Morgan fingerprint density at radius 2 is 2.00 bits per heavy atom. The lowest BCUT2D eigenvalue weighted by molar-refractivity contribution is 0.0991. The van der Waals surface area contributed by atoms with Crippen LogP contribution in [0.4, 0.5) is 4.39 Å². The Kier molecular flexibility index (Phi) is 4.46. The standard InChI is InChI=1S/C21H18FN3O2/c22-15-5-3-4-13(10-15)11-19-17(20(21(23)26)25-27-19)9-8-14-12-24-18-7-2-1-6-16(14)18/h1-7,10,12,24H,8-9,11H2,(H2,23,26). The number of amides is 1. The van der Waals surface area contributed by atoms with E-state index >= 15 is 0 Å². The molecule has 0 aliphatic rings. The fourth-order valence-corrected chi connectivity index (χ4v) is 3.36. The van der Waals surface area contributed by atoms with Gasteiger partial charge in [-0.1, -0.05) is 35.5 Å². The number of halogens is 1. The summed E-state index contributed by atoms with van der Waals surface area (Å²) < 4.78 is 18.8. The number of carbonyl (C=O) groups excluding carboxylic acids is 1. The summed E-state index contributed by atoms with van der Waals surface area (Å²) in [6.07, 6.45) is 3.56. The molecule has 1 amide bonds. The van der Waals surface area contributed by atoms with Gasteiger partial charge >= 0.3 is 0 Å². The van der Waals surface area contributed by atoms with Gasteiger partial charge in [0.1, 0.15) is 11.6 Å². The van der Waals surface area contributed by atoms with Crippen molar-refractivity contribution in [3.05, 3.63) is 88.7 Å². The van der Waals surface area contributed by atoms with E-state index in [1.807, 2.05) is 24.4 Å². The molecule has 0 saturated carbocycles. The van der Waals surface area contributed by atoms with Crippen molar-refractivity contribution in [3.8, 4) is 0 Å². The Morgan fingerprint density at radius 1 is 1.15 bits per heavy atom. The number of para-hydroxylation sites is 1. The minimum absolute atomic E-state index is 0.140. The average molecular weight is 363 g/mol. The molecule has 0 aliphatic heterocycles. The second-order valence-corrected chi connectivity index (χ2v) is 6.46. The van der Waals surface area contributed by atoms with Crippen LogP contribution in [0.15, 0.2) is 59.3 Å². The molecule has 0 aliphatic carbocycles. The normalized spacial score (nSPS) is 11.1. The fraction of sp³-hybridized carbons (Fsp3) is 0.143. The molecule has 2 aromatic carbocycles. The van der Waals surface area contributed by atoms with Crippen LogP contribution in [-0.2, 0) is 19.3 Å². The van der Waals surface area contributed by atoms with Crippen LogP contribution in [-0.4, -0.2) is 16.0 Å². The highest BCUT2D eigenvalue weighted by molar-refractivity contribution is 5.92. The maximum Gasteiger partial charge on any atom is 0.271 e. The number of aryl methyl sites for hydroxylation is 1. The number of rotatable bonds is 6. The van der Waals surface area contributed by atoms with Crippen LogP contribution in [0.5, 0.6) is 0 Å². The molecule has 6 heteroatoms. The summed E-state index contributed by atoms with van der Waals surface area (Å²) in [7, 11) is 0. The second-order valence-electron chi connectivity index (χ2n) is 6.46. The topological polar surface area (TPSA) is 84.9 Å². The van der Waals surface area contributed by atoms with Gasteiger partial charge in [0.25, 0.3) is 5.91 Å². The lowest BCUT2D eigenvalue weighted by atomic mass is 9.99. The fourth-order valence-electron chi connectivity index (χ4n) is 3.36. The number of nitrogens with zero attached hydrogens (tertiary/aromatic N) is 1. The maximum atomic E-state index is 13.5. The van der Waals surface area contributed by atoms with Crippen LogP contribution in [0, 0.1) is 5.82 Å². The third-order valence-corrected chi connectivity index (χ3v) is 4.68. The number of aromatic nitrogens is 2. The van der Waals surface area contributed by atoms with E-state index in [1.165, 1.54) is 12.1 Å². The van der Waals surface area contributed by atoms with Gasteiger partial charge in [-0.3, -0.25) is 4.79 Å². The molecule has 0 atom stereocenters. The first-order valence-electron chi connectivity index (χ1n) is 8.68. The Bertz CT molecular complexity index is 1110. The quantitative estimate of drug-likeness (QED) is 0.547. The number of H-pyrrole nitrogens is 1. The average Bonchev–Trinajstić information content (AvgIpc) is 3.24. The van der Waals surface area contributed by atoms with Crippen molar-refractivity contribution in [2.75, 3.05) is 0 Å². The largest absolute Gasteiger partial charge is 0.364 e. The van der Waals surface area contributed by atoms with E-state index in [0.717, 1.165) is 22.0 Å². The highest BCUT2D eigenvalue weighted by Gasteiger charge is 2.20. The Balaban J connectivity index is 1.62. The molecular formula is C21H18FN3O2. The van der Waals surface area contributed by atoms with E-state index in [9.17, 15) is 9.18 Å². The third-order valence-electron chi connectivity index (χ3n) is 4.68. The van der Waals surface area contributed by atoms with Crippen molar-refractivity contribution in [1.82, 2.24) is 10.1 Å².